The molecule has 1 aliphatic rings. The Morgan fingerprint density at radius 3 is 2.41 bits per heavy atom. The molecule has 1 saturated heterocycles. The van der Waals surface area contributed by atoms with Gasteiger partial charge in [0.15, 0.2) is 0 Å². The van der Waals surface area contributed by atoms with Gasteiger partial charge in [0.1, 0.15) is 17.0 Å². The van der Waals surface area contributed by atoms with Crippen LogP contribution in [0.2, 0.25) is 0 Å². The van der Waals surface area contributed by atoms with E-state index in [4.69, 9.17) is 13.9 Å². The highest BCUT2D eigenvalue weighted by Gasteiger charge is 2.33. The van der Waals surface area contributed by atoms with Crippen LogP contribution in [0.25, 0.3) is 11.0 Å². The fraction of sp³-hybridized carbons (Fsp3) is 0.333. The molecule has 9 nitrogen and oxygen atoms in total. The van der Waals surface area contributed by atoms with Gasteiger partial charge in [-0.05, 0) is 56.2 Å². The maximum Gasteiger partial charge on any atom is 0.376 e. The van der Waals surface area contributed by atoms with E-state index >= 15 is 0 Å². The number of carbonyl (C=O) groups is 2. The highest BCUT2D eigenvalue weighted by Crippen LogP contribution is 2.33. The average molecular weight is 487 g/mol. The number of sulfonamides is 1. The fourth-order valence-electron chi connectivity index (χ4n) is 3.99. The first-order chi connectivity index (χ1) is 16.3. The predicted octanol–water partition coefficient (Wildman–Crippen LogP) is 3.66. The van der Waals surface area contributed by atoms with Crippen LogP contribution in [0, 0.1) is 5.92 Å². The van der Waals surface area contributed by atoms with Crippen molar-refractivity contribution >= 4 is 38.6 Å². The number of carbonyl (C=O) groups excluding carboxylic acids is 2. The molecule has 4 rings (SSSR count). The van der Waals surface area contributed by atoms with E-state index < -0.39 is 21.9 Å². The molecule has 0 radical (unpaired) electrons. The molecular weight excluding hydrogens is 460 g/mol. The van der Waals surface area contributed by atoms with Gasteiger partial charge < -0.3 is 19.2 Å². The van der Waals surface area contributed by atoms with Crippen molar-refractivity contribution in [2.75, 3.05) is 32.1 Å². The molecule has 1 fully saturated rings. The fourth-order valence-corrected chi connectivity index (χ4v) is 5.46. The molecular formula is C24H26N2O7S. The van der Waals surface area contributed by atoms with Gasteiger partial charge in [0.25, 0.3) is 0 Å². The molecule has 2 aromatic carbocycles. The summed E-state index contributed by atoms with van der Waals surface area (Å²) < 4.78 is 43.1. The summed E-state index contributed by atoms with van der Waals surface area (Å²) in [4.78, 5) is 25.6. The minimum Gasteiger partial charge on any atom is -0.497 e. The van der Waals surface area contributed by atoms with Crippen molar-refractivity contribution in [3.05, 3.63) is 54.3 Å². The van der Waals surface area contributed by atoms with Crippen LogP contribution < -0.4 is 10.1 Å². The molecule has 0 atom stereocenters. The molecule has 0 unspecified atom stereocenters. The number of ether oxygens (including phenoxy) is 2. The lowest BCUT2D eigenvalue weighted by atomic mass is 9.97. The van der Waals surface area contributed by atoms with E-state index in [0.29, 0.717) is 29.6 Å². The zero-order chi connectivity index (χ0) is 24.3. The molecule has 0 bridgehead atoms. The zero-order valence-corrected chi connectivity index (χ0v) is 19.8. The lowest BCUT2D eigenvalue weighted by molar-refractivity contribution is -0.120. The number of hydrogen-bond acceptors (Lipinski definition) is 7. The van der Waals surface area contributed by atoms with Gasteiger partial charge in [-0.1, -0.05) is 12.1 Å². The summed E-state index contributed by atoms with van der Waals surface area (Å²) in [7, 11) is -2.15. The van der Waals surface area contributed by atoms with Crippen LogP contribution in [0.1, 0.15) is 30.3 Å². The summed E-state index contributed by atoms with van der Waals surface area (Å²) in [6.45, 7) is 2.28. The van der Waals surface area contributed by atoms with Gasteiger partial charge in [-0.2, -0.15) is 4.31 Å². The maximum absolute atomic E-state index is 13.1. The van der Waals surface area contributed by atoms with Crippen LogP contribution >= 0.6 is 0 Å². The van der Waals surface area contributed by atoms with Crippen LogP contribution in [-0.4, -0.2) is 51.4 Å². The number of rotatable bonds is 7. The van der Waals surface area contributed by atoms with Crippen molar-refractivity contribution in [1.29, 1.82) is 0 Å². The molecule has 0 saturated carbocycles. The number of hydrogen-bond donors (Lipinski definition) is 1. The minimum atomic E-state index is -3.67. The van der Waals surface area contributed by atoms with Crippen LogP contribution in [0.15, 0.2) is 57.8 Å². The Morgan fingerprint density at radius 1 is 1.09 bits per heavy atom. The number of fused-ring (bicyclic) bond motifs is 1. The van der Waals surface area contributed by atoms with Crippen molar-refractivity contribution < 1.29 is 31.9 Å². The van der Waals surface area contributed by atoms with E-state index in [2.05, 4.69) is 5.32 Å². The second-order valence-corrected chi connectivity index (χ2v) is 9.80. The molecule has 1 aromatic heterocycles. The van der Waals surface area contributed by atoms with Crippen LogP contribution in [0.5, 0.6) is 5.75 Å². The monoisotopic (exact) mass is 486 g/mol. The van der Waals surface area contributed by atoms with Crippen molar-refractivity contribution in [1.82, 2.24) is 4.31 Å². The predicted molar refractivity (Wildman–Crippen MR) is 125 cm³/mol. The number of esters is 1. The van der Waals surface area contributed by atoms with E-state index in [9.17, 15) is 18.0 Å². The number of methoxy groups -OCH3 is 1. The SMILES string of the molecule is CCOC(=O)c1oc2ccccc2c1NC(=O)C1CCN(S(=O)(=O)c2ccc(OC)cc2)CC1. The van der Waals surface area contributed by atoms with Gasteiger partial charge in [-0.15, -0.1) is 0 Å². The van der Waals surface area contributed by atoms with E-state index in [1.165, 1.54) is 23.5 Å². The second kappa shape index (κ2) is 9.86. The number of amides is 1. The third kappa shape index (κ3) is 4.64. The van der Waals surface area contributed by atoms with Gasteiger partial charge in [0.2, 0.25) is 21.7 Å². The molecule has 10 heteroatoms. The molecule has 180 valence electrons. The Morgan fingerprint density at radius 2 is 1.76 bits per heavy atom. The average Bonchev–Trinajstić information content (AvgIpc) is 3.22. The second-order valence-electron chi connectivity index (χ2n) is 7.87. The van der Waals surface area contributed by atoms with E-state index in [0.717, 1.165) is 0 Å². The van der Waals surface area contributed by atoms with Crippen molar-refractivity contribution in [2.24, 2.45) is 5.92 Å². The van der Waals surface area contributed by atoms with E-state index in [-0.39, 0.29) is 41.9 Å². The number of anilines is 1. The number of nitrogens with zero attached hydrogens (tertiary/aromatic N) is 1. The Labute approximate surface area is 197 Å². The molecule has 1 N–H and O–H groups in total. The standard InChI is InChI=1S/C24H26N2O7S/c1-3-32-24(28)22-21(19-6-4-5-7-20(19)33-22)25-23(27)16-12-14-26(15-13-16)34(29,30)18-10-8-17(31-2)9-11-18/h4-11,16H,3,12-15H2,1-2H3,(H,25,27). The first-order valence-electron chi connectivity index (χ1n) is 11.0. The molecule has 2 heterocycles. The third-order valence-electron chi connectivity index (χ3n) is 5.83. The van der Waals surface area contributed by atoms with Crippen molar-refractivity contribution in [3.63, 3.8) is 0 Å². The lowest BCUT2D eigenvalue weighted by Gasteiger charge is -2.30. The molecule has 3 aromatic rings. The topological polar surface area (TPSA) is 115 Å². The first-order valence-corrected chi connectivity index (χ1v) is 12.4. The molecule has 1 amide bonds. The quantitative estimate of drug-likeness (QED) is 0.507. The number of nitrogens with one attached hydrogen (secondary N) is 1. The smallest absolute Gasteiger partial charge is 0.376 e. The van der Waals surface area contributed by atoms with E-state index in [1.807, 2.05) is 0 Å². The number of para-hydroxylation sites is 1. The van der Waals surface area contributed by atoms with Gasteiger partial charge in [0, 0.05) is 24.4 Å². The third-order valence-corrected chi connectivity index (χ3v) is 7.74. The van der Waals surface area contributed by atoms with Crippen LogP contribution in [0.3, 0.4) is 0 Å². The van der Waals surface area contributed by atoms with Gasteiger partial charge in [0.05, 0.1) is 18.6 Å². The van der Waals surface area contributed by atoms with Crippen LogP contribution in [-0.2, 0) is 19.6 Å². The molecule has 0 aliphatic carbocycles. The van der Waals surface area contributed by atoms with Crippen molar-refractivity contribution in [2.45, 2.75) is 24.7 Å². The summed E-state index contributed by atoms with van der Waals surface area (Å²) in [6, 6.07) is 13.2. The largest absolute Gasteiger partial charge is 0.497 e. The molecule has 0 spiro atoms. The summed E-state index contributed by atoms with van der Waals surface area (Å²) in [6.07, 6.45) is 0.706. The van der Waals surface area contributed by atoms with Crippen LogP contribution in [0.4, 0.5) is 5.69 Å². The zero-order valence-electron chi connectivity index (χ0n) is 18.9. The summed E-state index contributed by atoms with van der Waals surface area (Å²) in [5.74, 6) is -0.849. The van der Waals surface area contributed by atoms with Gasteiger partial charge >= 0.3 is 5.97 Å². The molecule has 34 heavy (non-hydrogen) atoms. The number of furan rings is 1. The highest BCUT2D eigenvalue weighted by atomic mass is 32.2. The van der Waals surface area contributed by atoms with Gasteiger partial charge in [-0.3, -0.25) is 4.79 Å². The Balaban J connectivity index is 1.47. The Kier molecular flexibility index (Phi) is 6.90. The maximum atomic E-state index is 13.1. The summed E-state index contributed by atoms with van der Waals surface area (Å²) in [5, 5.41) is 3.42. The Bertz CT molecular complexity index is 1290. The molecule has 1 aliphatic heterocycles. The first kappa shape index (κ1) is 23.8. The Hall–Kier alpha value is -3.37. The van der Waals surface area contributed by atoms with E-state index in [1.54, 1.807) is 43.3 Å². The highest BCUT2D eigenvalue weighted by molar-refractivity contribution is 7.89. The number of benzene rings is 2. The van der Waals surface area contributed by atoms with Crippen molar-refractivity contribution in [3.8, 4) is 5.75 Å². The summed E-state index contributed by atoms with van der Waals surface area (Å²) in [5.41, 5.74) is 0.730. The summed E-state index contributed by atoms with van der Waals surface area (Å²) >= 11 is 0. The minimum absolute atomic E-state index is 0.0593. The van der Waals surface area contributed by atoms with Gasteiger partial charge in [-0.25, -0.2) is 13.2 Å². The number of piperidine rings is 1. The lowest BCUT2D eigenvalue weighted by Crippen LogP contribution is -2.41. The normalized spacial score (nSPS) is 15.2.